The van der Waals surface area contributed by atoms with Crippen molar-refractivity contribution < 1.29 is 13.2 Å². The second kappa shape index (κ2) is 7.92. The molecule has 1 aromatic heterocycles. The Balaban J connectivity index is 2.85. The predicted molar refractivity (Wildman–Crippen MR) is 81.2 cm³/mol. The summed E-state index contributed by atoms with van der Waals surface area (Å²) in [7, 11) is -0.315. The summed E-state index contributed by atoms with van der Waals surface area (Å²) in [5.41, 5.74) is 0.788. The van der Waals surface area contributed by atoms with Crippen LogP contribution in [0.25, 0.3) is 0 Å². The molecule has 0 aromatic carbocycles. The molecule has 0 saturated heterocycles. The minimum absolute atomic E-state index is 0.270. The van der Waals surface area contributed by atoms with Crippen LogP contribution in [0.5, 0.6) is 5.88 Å². The Bertz CT molecular complexity index is 496. The lowest BCUT2D eigenvalue weighted by molar-refractivity contribution is 0.349. The predicted octanol–water partition coefficient (Wildman–Crippen LogP) is 1.95. The molecule has 1 heterocycles. The van der Waals surface area contributed by atoms with Gasteiger partial charge in [-0.05, 0) is 24.4 Å². The van der Waals surface area contributed by atoms with Gasteiger partial charge in [0.1, 0.15) is 0 Å². The highest BCUT2D eigenvalue weighted by Crippen LogP contribution is 2.22. The monoisotopic (exact) mass is 321 g/mol. The molecule has 0 saturated carbocycles. The topological polar surface area (TPSA) is 62.7 Å². The van der Waals surface area contributed by atoms with Crippen molar-refractivity contribution in [3.63, 3.8) is 0 Å². The zero-order valence-electron chi connectivity index (χ0n) is 12.5. The SMILES string of the molecule is CCCN(CCC)S(=O)(=O)N(C)Cc1csnc1OC. The van der Waals surface area contributed by atoms with Crippen LogP contribution in [-0.2, 0) is 16.8 Å². The summed E-state index contributed by atoms with van der Waals surface area (Å²) in [6, 6.07) is 0. The minimum Gasteiger partial charge on any atom is -0.480 e. The molecule has 0 N–H and O–H groups in total. The smallest absolute Gasteiger partial charge is 0.282 e. The molecule has 0 atom stereocenters. The Morgan fingerprint density at radius 1 is 1.30 bits per heavy atom. The molecule has 0 aliphatic rings. The van der Waals surface area contributed by atoms with Crippen molar-refractivity contribution in [3.05, 3.63) is 10.9 Å². The van der Waals surface area contributed by atoms with Gasteiger partial charge in [-0.3, -0.25) is 0 Å². The van der Waals surface area contributed by atoms with E-state index in [1.54, 1.807) is 7.05 Å². The highest BCUT2D eigenvalue weighted by molar-refractivity contribution is 7.86. The fraction of sp³-hybridized carbons (Fsp3) is 0.750. The molecule has 0 fully saturated rings. The second-order valence-corrected chi connectivity index (χ2v) is 7.18. The van der Waals surface area contributed by atoms with E-state index in [-0.39, 0.29) is 6.54 Å². The summed E-state index contributed by atoms with van der Waals surface area (Å²) in [6.07, 6.45) is 1.60. The minimum atomic E-state index is -3.44. The van der Waals surface area contributed by atoms with Crippen molar-refractivity contribution in [3.8, 4) is 5.88 Å². The van der Waals surface area contributed by atoms with E-state index in [1.807, 2.05) is 19.2 Å². The van der Waals surface area contributed by atoms with Gasteiger partial charge in [-0.2, -0.15) is 21.4 Å². The maximum atomic E-state index is 12.5. The zero-order valence-corrected chi connectivity index (χ0v) is 14.1. The van der Waals surface area contributed by atoms with E-state index in [2.05, 4.69) is 4.37 Å². The Labute approximate surface area is 125 Å². The van der Waals surface area contributed by atoms with Crippen LogP contribution in [0, 0.1) is 0 Å². The van der Waals surface area contributed by atoms with Crippen LogP contribution in [0.4, 0.5) is 0 Å². The van der Waals surface area contributed by atoms with Crippen LogP contribution in [0.2, 0.25) is 0 Å². The lowest BCUT2D eigenvalue weighted by Gasteiger charge is -2.26. The van der Waals surface area contributed by atoms with Gasteiger partial charge in [0.05, 0.1) is 7.11 Å². The Morgan fingerprint density at radius 2 is 1.90 bits per heavy atom. The summed E-state index contributed by atoms with van der Waals surface area (Å²) in [4.78, 5) is 0. The Kier molecular flexibility index (Phi) is 6.87. The molecule has 0 radical (unpaired) electrons. The van der Waals surface area contributed by atoms with E-state index < -0.39 is 10.2 Å². The van der Waals surface area contributed by atoms with Crippen molar-refractivity contribution >= 4 is 21.7 Å². The quantitative estimate of drug-likeness (QED) is 0.697. The molecule has 0 spiro atoms. The van der Waals surface area contributed by atoms with Crippen LogP contribution in [-0.4, -0.2) is 48.6 Å². The summed E-state index contributed by atoms with van der Waals surface area (Å²) in [5, 5.41) is 1.81. The average Bonchev–Trinajstić information content (AvgIpc) is 2.85. The molecule has 0 aliphatic carbocycles. The van der Waals surface area contributed by atoms with Crippen LogP contribution in [0.1, 0.15) is 32.3 Å². The lowest BCUT2D eigenvalue weighted by Crippen LogP contribution is -2.42. The van der Waals surface area contributed by atoms with E-state index in [0.29, 0.717) is 19.0 Å². The summed E-state index contributed by atoms with van der Waals surface area (Å²) < 4.78 is 37.1. The molecule has 6 nitrogen and oxygen atoms in total. The molecule has 1 aromatic rings. The first-order chi connectivity index (χ1) is 9.47. The van der Waals surface area contributed by atoms with E-state index >= 15 is 0 Å². The van der Waals surface area contributed by atoms with E-state index in [4.69, 9.17) is 4.74 Å². The number of rotatable bonds is 9. The summed E-state index contributed by atoms with van der Waals surface area (Å²) >= 11 is 1.26. The van der Waals surface area contributed by atoms with Crippen LogP contribution in [0.15, 0.2) is 5.38 Å². The van der Waals surface area contributed by atoms with Crippen LogP contribution >= 0.6 is 11.5 Å². The van der Waals surface area contributed by atoms with Crippen LogP contribution < -0.4 is 4.74 Å². The number of nitrogens with zero attached hydrogens (tertiary/aromatic N) is 3. The van der Waals surface area contributed by atoms with Crippen LogP contribution in [0.3, 0.4) is 0 Å². The first-order valence-electron chi connectivity index (χ1n) is 6.66. The number of hydrogen-bond acceptors (Lipinski definition) is 5. The first-order valence-corrected chi connectivity index (χ1v) is 8.89. The third-order valence-corrected chi connectivity index (χ3v) is 5.45. The number of ether oxygens (including phenoxy) is 1. The normalized spacial score (nSPS) is 12.3. The maximum Gasteiger partial charge on any atom is 0.282 e. The molecule has 0 amide bonds. The van der Waals surface area contributed by atoms with Gasteiger partial charge in [0.2, 0.25) is 5.88 Å². The van der Waals surface area contributed by atoms with E-state index in [1.165, 1.54) is 27.3 Å². The van der Waals surface area contributed by atoms with Crippen molar-refractivity contribution in [1.29, 1.82) is 0 Å². The molecular formula is C12H23N3O3S2. The fourth-order valence-electron chi connectivity index (χ4n) is 1.88. The second-order valence-electron chi connectivity index (χ2n) is 4.51. The third kappa shape index (κ3) is 4.15. The standard InChI is InChI=1S/C12H23N3O3S2/c1-5-7-15(8-6-2)20(16,17)14(3)9-11-10-19-13-12(11)18-4/h10H,5-9H2,1-4H3. The van der Waals surface area contributed by atoms with Gasteiger partial charge in [-0.1, -0.05) is 13.8 Å². The van der Waals surface area contributed by atoms with Gasteiger partial charge in [0, 0.05) is 37.6 Å². The molecule has 0 unspecified atom stereocenters. The fourth-order valence-corrected chi connectivity index (χ4v) is 4.05. The average molecular weight is 321 g/mol. The number of methoxy groups -OCH3 is 1. The van der Waals surface area contributed by atoms with Crippen molar-refractivity contribution in [2.45, 2.75) is 33.2 Å². The van der Waals surface area contributed by atoms with Gasteiger partial charge in [-0.15, -0.1) is 0 Å². The zero-order chi connectivity index (χ0) is 15.2. The van der Waals surface area contributed by atoms with Gasteiger partial charge in [-0.25, -0.2) is 0 Å². The third-order valence-electron chi connectivity index (χ3n) is 2.86. The molecule has 0 bridgehead atoms. The summed E-state index contributed by atoms with van der Waals surface area (Å²) in [5.74, 6) is 0.495. The van der Waals surface area contributed by atoms with Crippen molar-refractivity contribution in [2.24, 2.45) is 0 Å². The molecule has 0 aliphatic heterocycles. The van der Waals surface area contributed by atoms with E-state index in [0.717, 1.165) is 18.4 Å². The molecule has 1 rings (SSSR count). The first kappa shape index (κ1) is 17.4. The van der Waals surface area contributed by atoms with Crippen molar-refractivity contribution in [1.82, 2.24) is 13.0 Å². The maximum absolute atomic E-state index is 12.5. The number of aromatic nitrogens is 1. The molecule has 20 heavy (non-hydrogen) atoms. The number of hydrogen-bond donors (Lipinski definition) is 0. The van der Waals surface area contributed by atoms with Gasteiger partial charge in [0.15, 0.2) is 0 Å². The van der Waals surface area contributed by atoms with Gasteiger partial charge in [0.25, 0.3) is 10.2 Å². The molecule has 8 heteroatoms. The Hall–Kier alpha value is -0.700. The lowest BCUT2D eigenvalue weighted by atomic mass is 10.3. The Morgan fingerprint density at radius 3 is 2.40 bits per heavy atom. The van der Waals surface area contributed by atoms with Crippen molar-refractivity contribution in [2.75, 3.05) is 27.2 Å². The largest absolute Gasteiger partial charge is 0.480 e. The molecule has 116 valence electrons. The highest BCUT2D eigenvalue weighted by Gasteiger charge is 2.26. The highest BCUT2D eigenvalue weighted by atomic mass is 32.2. The van der Waals surface area contributed by atoms with Gasteiger partial charge < -0.3 is 4.74 Å². The van der Waals surface area contributed by atoms with E-state index in [9.17, 15) is 8.42 Å². The molecular weight excluding hydrogens is 298 g/mol. The summed E-state index contributed by atoms with van der Waals surface area (Å²) in [6.45, 7) is 5.30. The van der Waals surface area contributed by atoms with Gasteiger partial charge >= 0.3 is 0 Å².